The van der Waals surface area contributed by atoms with Gasteiger partial charge in [-0.3, -0.25) is 0 Å². The molecule has 1 heterocycles. The van der Waals surface area contributed by atoms with Crippen LogP contribution in [0.4, 0.5) is 0 Å². The van der Waals surface area contributed by atoms with Gasteiger partial charge >= 0.3 is 5.97 Å². The van der Waals surface area contributed by atoms with Crippen molar-refractivity contribution in [2.75, 3.05) is 7.11 Å². The molecule has 4 aromatic rings. The lowest BCUT2D eigenvalue weighted by Crippen LogP contribution is -2.00. The summed E-state index contributed by atoms with van der Waals surface area (Å²) in [6, 6.07) is 18.4. The van der Waals surface area contributed by atoms with Gasteiger partial charge in [-0.2, -0.15) is 0 Å². The third kappa shape index (κ3) is 6.48. The van der Waals surface area contributed by atoms with Gasteiger partial charge in [0.05, 0.1) is 12.7 Å². The Bertz CT molecular complexity index is 1420. The van der Waals surface area contributed by atoms with Crippen molar-refractivity contribution in [1.29, 1.82) is 0 Å². The van der Waals surface area contributed by atoms with Crippen LogP contribution in [0.3, 0.4) is 0 Å². The molecule has 0 unspecified atom stereocenters. The van der Waals surface area contributed by atoms with Gasteiger partial charge in [-0.05, 0) is 66.7 Å². The van der Waals surface area contributed by atoms with Gasteiger partial charge in [0, 0.05) is 15.1 Å². The SMILES string of the molecule is COc1ccc(Cl)cc1-c1nnc(S/C(=C\c2cc(Br)ccc2OCc2ccc(C)cc2)C(=O)O)o1. The summed E-state index contributed by atoms with van der Waals surface area (Å²) < 4.78 is 17.8. The lowest BCUT2D eigenvalue weighted by Gasteiger charge is -2.11. The van der Waals surface area contributed by atoms with Crippen LogP contribution in [0.2, 0.25) is 5.02 Å². The van der Waals surface area contributed by atoms with Gasteiger partial charge in [-0.25, -0.2) is 4.79 Å². The number of rotatable bonds is 9. The number of hydrogen-bond acceptors (Lipinski definition) is 7. The number of benzene rings is 3. The molecule has 3 aromatic carbocycles. The van der Waals surface area contributed by atoms with Crippen LogP contribution in [-0.2, 0) is 11.4 Å². The molecule has 0 spiro atoms. The maximum Gasteiger partial charge on any atom is 0.342 e. The van der Waals surface area contributed by atoms with Crippen molar-refractivity contribution in [3.05, 3.63) is 91.8 Å². The van der Waals surface area contributed by atoms with E-state index in [0.29, 0.717) is 34.3 Å². The number of nitrogens with zero attached hydrogens (tertiary/aromatic N) is 2. The molecule has 0 radical (unpaired) electrons. The predicted octanol–water partition coefficient (Wildman–Crippen LogP) is 7.27. The molecule has 0 aliphatic heterocycles. The molecule has 0 aliphatic carbocycles. The molecule has 0 fully saturated rings. The zero-order valence-corrected chi connectivity index (χ0v) is 22.4. The van der Waals surface area contributed by atoms with Crippen LogP contribution in [0, 0.1) is 6.92 Å². The van der Waals surface area contributed by atoms with Crippen LogP contribution >= 0.6 is 39.3 Å². The molecule has 0 atom stereocenters. The number of hydrogen-bond donors (Lipinski definition) is 1. The third-order valence-electron chi connectivity index (χ3n) is 4.98. The van der Waals surface area contributed by atoms with Crippen molar-refractivity contribution in [2.45, 2.75) is 18.8 Å². The van der Waals surface area contributed by atoms with Crippen molar-refractivity contribution in [1.82, 2.24) is 10.2 Å². The Labute approximate surface area is 225 Å². The Hall–Kier alpha value is -3.27. The number of ether oxygens (including phenoxy) is 2. The zero-order valence-electron chi connectivity index (χ0n) is 19.2. The van der Waals surface area contributed by atoms with E-state index in [1.54, 1.807) is 30.3 Å². The molecule has 0 bridgehead atoms. The highest BCUT2D eigenvalue weighted by Crippen LogP contribution is 2.36. The number of aliphatic carboxylic acids is 1. The van der Waals surface area contributed by atoms with Gasteiger partial charge in [-0.1, -0.05) is 57.4 Å². The van der Waals surface area contributed by atoms with E-state index < -0.39 is 5.97 Å². The minimum Gasteiger partial charge on any atom is -0.496 e. The van der Waals surface area contributed by atoms with Gasteiger partial charge in [0.25, 0.3) is 11.1 Å². The van der Waals surface area contributed by atoms with Crippen LogP contribution in [0.15, 0.2) is 79.7 Å². The molecule has 4 rings (SSSR count). The molecule has 1 N–H and O–H groups in total. The summed E-state index contributed by atoms with van der Waals surface area (Å²) >= 11 is 10.4. The average Bonchev–Trinajstić information content (AvgIpc) is 3.32. The number of carboxylic acid groups (broad SMARTS) is 1. The van der Waals surface area contributed by atoms with E-state index >= 15 is 0 Å². The van der Waals surface area contributed by atoms with Crippen LogP contribution in [0.1, 0.15) is 16.7 Å². The average molecular weight is 588 g/mol. The molecule has 10 heteroatoms. The van der Waals surface area contributed by atoms with E-state index in [4.69, 9.17) is 25.5 Å². The van der Waals surface area contributed by atoms with Crippen molar-refractivity contribution in [3.8, 4) is 23.0 Å². The monoisotopic (exact) mass is 586 g/mol. The molecule has 0 saturated heterocycles. The fourth-order valence-corrected chi connectivity index (χ4v) is 4.40. The highest BCUT2D eigenvalue weighted by atomic mass is 79.9. The first kappa shape index (κ1) is 25.8. The quantitative estimate of drug-likeness (QED) is 0.161. The number of aryl methyl sites for hydroxylation is 1. The first-order valence-electron chi connectivity index (χ1n) is 10.6. The molecular weight excluding hydrogens is 568 g/mol. The van der Waals surface area contributed by atoms with E-state index in [2.05, 4.69) is 26.1 Å². The highest BCUT2D eigenvalue weighted by molar-refractivity contribution is 9.10. The number of halogens is 2. The lowest BCUT2D eigenvalue weighted by molar-refractivity contribution is -0.131. The Morgan fingerprint density at radius 1 is 1.11 bits per heavy atom. The second kappa shape index (κ2) is 11.6. The molecule has 0 amide bonds. The third-order valence-corrected chi connectivity index (χ3v) is 6.56. The normalized spacial score (nSPS) is 11.4. The Morgan fingerprint density at radius 2 is 1.86 bits per heavy atom. The summed E-state index contributed by atoms with van der Waals surface area (Å²) in [7, 11) is 1.51. The Kier molecular flexibility index (Phi) is 8.35. The zero-order chi connectivity index (χ0) is 25.7. The highest BCUT2D eigenvalue weighted by Gasteiger charge is 2.19. The second-order valence-corrected chi connectivity index (χ2v) is 9.94. The fraction of sp³-hybridized carbons (Fsp3) is 0.115. The number of carboxylic acids is 1. The van der Waals surface area contributed by atoms with E-state index in [9.17, 15) is 9.90 Å². The summed E-state index contributed by atoms with van der Waals surface area (Å²) in [4.78, 5) is 12.0. The minimum atomic E-state index is -1.15. The largest absolute Gasteiger partial charge is 0.496 e. The van der Waals surface area contributed by atoms with E-state index in [-0.39, 0.29) is 16.0 Å². The molecular formula is C26H20BrClN2O5S. The maximum absolute atomic E-state index is 12.1. The number of aromatic nitrogens is 2. The number of thioether (sulfide) groups is 1. The van der Waals surface area contributed by atoms with E-state index in [0.717, 1.165) is 27.4 Å². The predicted molar refractivity (Wildman–Crippen MR) is 142 cm³/mol. The molecule has 7 nitrogen and oxygen atoms in total. The number of methoxy groups -OCH3 is 1. The van der Waals surface area contributed by atoms with Gasteiger partial charge in [0.15, 0.2) is 0 Å². The standard InChI is InChI=1S/C26H20BrClN2O5S/c1-15-3-5-16(6-4-15)14-34-21-9-7-18(27)11-17(21)12-23(25(31)32)36-26-30-29-24(35-26)20-13-19(28)8-10-22(20)33-2/h3-13H,14H2,1-2H3,(H,31,32)/b23-12-. The summed E-state index contributed by atoms with van der Waals surface area (Å²) in [5.41, 5.74) is 3.25. The van der Waals surface area contributed by atoms with Crippen LogP contribution < -0.4 is 9.47 Å². The Morgan fingerprint density at radius 3 is 2.58 bits per heavy atom. The molecule has 0 aliphatic rings. The molecule has 184 valence electrons. The lowest BCUT2D eigenvalue weighted by atomic mass is 10.1. The Balaban J connectivity index is 1.59. The van der Waals surface area contributed by atoms with Crippen LogP contribution in [-0.4, -0.2) is 28.4 Å². The summed E-state index contributed by atoms with van der Waals surface area (Å²) in [5, 5.41) is 18.4. The smallest absolute Gasteiger partial charge is 0.342 e. The van der Waals surface area contributed by atoms with Crippen molar-refractivity contribution in [3.63, 3.8) is 0 Å². The second-order valence-electron chi connectivity index (χ2n) is 7.59. The van der Waals surface area contributed by atoms with Gasteiger partial charge in [-0.15, -0.1) is 10.2 Å². The topological polar surface area (TPSA) is 94.7 Å². The van der Waals surface area contributed by atoms with Gasteiger partial charge < -0.3 is 19.0 Å². The summed E-state index contributed by atoms with van der Waals surface area (Å²) in [6.45, 7) is 2.36. The minimum absolute atomic E-state index is 0.0263. The first-order valence-corrected chi connectivity index (χ1v) is 12.6. The number of carbonyl (C=O) groups is 1. The van der Waals surface area contributed by atoms with Crippen molar-refractivity contribution in [2.24, 2.45) is 0 Å². The molecule has 36 heavy (non-hydrogen) atoms. The van der Waals surface area contributed by atoms with Crippen LogP contribution in [0.5, 0.6) is 11.5 Å². The van der Waals surface area contributed by atoms with Gasteiger partial charge in [0.2, 0.25) is 0 Å². The van der Waals surface area contributed by atoms with E-state index in [1.165, 1.54) is 13.2 Å². The summed E-state index contributed by atoms with van der Waals surface area (Å²) in [5.74, 6) is 0.0434. The van der Waals surface area contributed by atoms with E-state index in [1.807, 2.05) is 37.3 Å². The van der Waals surface area contributed by atoms with Crippen molar-refractivity contribution < 1.29 is 23.8 Å². The maximum atomic E-state index is 12.1. The van der Waals surface area contributed by atoms with Gasteiger partial charge in [0.1, 0.15) is 23.0 Å². The molecule has 0 saturated carbocycles. The molecule has 1 aromatic heterocycles. The fourth-order valence-electron chi connectivity index (χ4n) is 3.19. The van der Waals surface area contributed by atoms with Crippen LogP contribution in [0.25, 0.3) is 17.5 Å². The summed E-state index contributed by atoms with van der Waals surface area (Å²) in [6.07, 6.45) is 1.51. The van der Waals surface area contributed by atoms with Crippen molar-refractivity contribution >= 4 is 51.3 Å². The first-order chi connectivity index (χ1) is 17.3.